The number of aromatic nitrogens is 3. The molecule has 0 spiro atoms. The zero-order valence-corrected chi connectivity index (χ0v) is 12.3. The van der Waals surface area contributed by atoms with Gasteiger partial charge in [0.1, 0.15) is 0 Å². The molecule has 0 saturated carbocycles. The molecule has 4 N–H and O–H groups in total. The molecule has 2 amide bonds. The second-order valence-corrected chi connectivity index (χ2v) is 4.86. The van der Waals surface area contributed by atoms with E-state index in [1.807, 2.05) is 25.1 Å². The van der Waals surface area contributed by atoms with Crippen LogP contribution < -0.4 is 16.4 Å². The van der Waals surface area contributed by atoms with Gasteiger partial charge < -0.3 is 16.4 Å². The van der Waals surface area contributed by atoms with Gasteiger partial charge in [-0.25, -0.2) is 14.3 Å². The molecule has 0 bridgehead atoms. The zero-order chi connectivity index (χ0) is 15.7. The second kappa shape index (κ2) is 5.36. The van der Waals surface area contributed by atoms with Crippen LogP contribution in [0.3, 0.4) is 0 Å². The standard InChI is InChI=1S/C15H16N6O/c1-9-10(4-3-5-11(9)16)12-8-13(19-15(22)17-2)14-18-6-7-21(14)20-12/h3-8H,16H2,1-2H3,(H2,17,19,22). The van der Waals surface area contributed by atoms with Gasteiger partial charge in [-0.3, -0.25) is 0 Å². The molecule has 0 radical (unpaired) electrons. The van der Waals surface area contributed by atoms with Crippen molar-refractivity contribution in [3.05, 3.63) is 42.2 Å². The second-order valence-electron chi connectivity index (χ2n) is 4.86. The van der Waals surface area contributed by atoms with Crippen LogP contribution >= 0.6 is 0 Å². The van der Waals surface area contributed by atoms with Gasteiger partial charge in [0.25, 0.3) is 0 Å². The van der Waals surface area contributed by atoms with Crippen molar-refractivity contribution in [2.24, 2.45) is 0 Å². The van der Waals surface area contributed by atoms with Gasteiger partial charge in [0.2, 0.25) is 0 Å². The molecule has 0 unspecified atom stereocenters. The van der Waals surface area contributed by atoms with Gasteiger partial charge in [-0.15, -0.1) is 0 Å². The summed E-state index contributed by atoms with van der Waals surface area (Å²) >= 11 is 0. The van der Waals surface area contributed by atoms with Crippen LogP contribution in [0.2, 0.25) is 0 Å². The number of amides is 2. The number of hydrogen-bond acceptors (Lipinski definition) is 4. The number of fused-ring (bicyclic) bond motifs is 1. The van der Waals surface area contributed by atoms with Gasteiger partial charge in [0.15, 0.2) is 5.65 Å². The SMILES string of the molecule is CNC(=O)Nc1cc(-c2cccc(N)c2C)nn2ccnc12. The molecule has 3 aromatic rings. The van der Waals surface area contributed by atoms with E-state index in [0.29, 0.717) is 22.7 Å². The third-order valence-electron chi connectivity index (χ3n) is 3.49. The Labute approximate surface area is 127 Å². The number of nitrogen functional groups attached to an aromatic ring is 1. The molecule has 0 atom stereocenters. The van der Waals surface area contributed by atoms with Crippen LogP contribution in [0.1, 0.15) is 5.56 Å². The van der Waals surface area contributed by atoms with Gasteiger partial charge in [-0.05, 0) is 24.6 Å². The summed E-state index contributed by atoms with van der Waals surface area (Å²) in [6, 6.07) is 7.15. The Balaban J connectivity index is 2.18. The Morgan fingerprint density at radius 1 is 1.36 bits per heavy atom. The maximum Gasteiger partial charge on any atom is 0.319 e. The van der Waals surface area contributed by atoms with E-state index in [9.17, 15) is 4.79 Å². The maximum absolute atomic E-state index is 11.6. The molecule has 2 aromatic heterocycles. The van der Waals surface area contributed by atoms with Crippen LogP contribution in [-0.2, 0) is 0 Å². The average molecular weight is 296 g/mol. The van der Waals surface area contributed by atoms with Crippen molar-refractivity contribution in [1.29, 1.82) is 0 Å². The van der Waals surface area contributed by atoms with Crippen molar-refractivity contribution >= 4 is 23.1 Å². The minimum absolute atomic E-state index is 0.314. The molecular weight excluding hydrogens is 280 g/mol. The van der Waals surface area contributed by atoms with Crippen LogP contribution in [0.5, 0.6) is 0 Å². The minimum Gasteiger partial charge on any atom is -0.398 e. The molecular formula is C15H16N6O. The lowest BCUT2D eigenvalue weighted by Gasteiger charge is -2.11. The molecule has 7 heteroatoms. The summed E-state index contributed by atoms with van der Waals surface area (Å²) in [4.78, 5) is 15.8. The average Bonchev–Trinajstić information content (AvgIpc) is 2.98. The highest BCUT2D eigenvalue weighted by atomic mass is 16.2. The molecule has 22 heavy (non-hydrogen) atoms. The van der Waals surface area contributed by atoms with E-state index in [1.54, 1.807) is 30.0 Å². The number of urea groups is 1. The Hall–Kier alpha value is -3.09. The van der Waals surface area contributed by atoms with Crippen molar-refractivity contribution in [1.82, 2.24) is 19.9 Å². The van der Waals surface area contributed by atoms with Crippen LogP contribution in [-0.4, -0.2) is 27.7 Å². The molecule has 2 heterocycles. The Morgan fingerprint density at radius 2 is 2.18 bits per heavy atom. The molecule has 3 rings (SSSR count). The zero-order valence-electron chi connectivity index (χ0n) is 12.3. The molecule has 0 aliphatic carbocycles. The first-order valence-electron chi connectivity index (χ1n) is 6.78. The number of nitrogens with zero attached hydrogens (tertiary/aromatic N) is 3. The van der Waals surface area contributed by atoms with Gasteiger partial charge in [0.05, 0.1) is 11.4 Å². The predicted octanol–water partition coefficient (Wildman–Crippen LogP) is 2.04. The molecule has 1 aromatic carbocycles. The van der Waals surface area contributed by atoms with E-state index in [2.05, 4.69) is 20.7 Å². The predicted molar refractivity (Wildman–Crippen MR) is 85.7 cm³/mol. The topological polar surface area (TPSA) is 97.3 Å². The third-order valence-corrected chi connectivity index (χ3v) is 3.49. The smallest absolute Gasteiger partial charge is 0.319 e. The monoisotopic (exact) mass is 296 g/mol. The largest absolute Gasteiger partial charge is 0.398 e. The van der Waals surface area contributed by atoms with E-state index < -0.39 is 0 Å². The summed E-state index contributed by atoms with van der Waals surface area (Å²) in [6.45, 7) is 1.94. The summed E-state index contributed by atoms with van der Waals surface area (Å²) in [5.41, 5.74) is 10.4. The molecule has 7 nitrogen and oxygen atoms in total. The van der Waals surface area contributed by atoms with Crippen LogP contribution in [0, 0.1) is 6.92 Å². The summed E-state index contributed by atoms with van der Waals surface area (Å²) in [5.74, 6) is 0. The number of benzene rings is 1. The van der Waals surface area contributed by atoms with Crippen molar-refractivity contribution in [2.75, 3.05) is 18.1 Å². The lowest BCUT2D eigenvalue weighted by Crippen LogP contribution is -2.25. The number of carbonyl (C=O) groups excluding carboxylic acids is 1. The third kappa shape index (κ3) is 2.32. The van der Waals surface area contributed by atoms with Crippen molar-refractivity contribution in [2.45, 2.75) is 6.92 Å². The number of nitrogens with two attached hydrogens (primary N) is 1. The lowest BCUT2D eigenvalue weighted by molar-refractivity contribution is 0.254. The fourth-order valence-corrected chi connectivity index (χ4v) is 2.26. The fraction of sp³-hybridized carbons (Fsp3) is 0.133. The number of rotatable bonds is 2. The lowest BCUT2D eigenvalue weighted by atomic mass is 10.0. The minimum atomic E-state index is -0.314. The molecule has 0 fully saturated rings. The van der Waals surface area contributed by atoms with Crippen LogP contribution in [0.15, 0.2) is 36.7 Å². The first-order valence-corrected chi connectivity index (χ1v) is 6.78. The Morgan fingerprint density at radius 3 is 2.95 bits per heavy atom. The number of hydrogen-bond donors (Lipinski definition) is 3. The summed E-state index contributed by atoms with van der Waals surface area (Å²) < 4.78 is 1.63. The van der Waals surface area contributed by atoms with E-state index in [1.165, 1.54) is 0 Å². The van der Waals surface area contributed by atoms with Gasteiger partial charge >= 0.3 is 6.03 Å². The molecule has 0 saturated heterocycles. The van der Waals surface area contributed by atoms with Gasteiger partial charge in [-0.1, -0.05) is 12.1 Å². The molecule has 0 aliphatic heterocycles. The van der Waals surface area contributed by atoms with Gasteiger partial charge in [0, 0.05) is 30.7 Å². The molecule has 112 valence electrons. The quantitative estimate of drug-likeness (QED) is 0.630. The number of nitrogens with one attached hydrogen (secondary N) is 2. The van der Waals surface area contributed by atoms with E-state index in [4.69, 9.17) is 5.73 Å². The maximum atomic E-state index is 11.6. The van der Waals surface area contributed by atoms with E-state index in [-0.39, 0.29) is 6.03 Å². The van der Waals surface area contributed by atoms with E-state index in [0.717, 1.165) is 11.1 Å². The summed E-state index contributed by atoms with van der Waals surface area (Å²) in [6.07, 6.45) is 3.36. The Bertz CT molecular complexity index is 854. The van der Waals surface area contributed by atoms with Crippen molar-refractivity contribution in [3.63, 3.8) is 0 Å². The highest BCUT2D eigenvalue weighted by molar-refractivity contribution is 5.93. The van der Waals surface area contributed by atoms with Crippen molar-refractivity contribution < 1.29 is 4.79 Å². The number of imidazole rings is 1. The first-order chi connectivity index (χ1) is 10.6. The number of anilines is 2. The van der Waals surface area contributed by atoms with Crippen molar-refractivity contribution in [3.8, 4) is 11.3 Å². The summed E-state index contributed by atoms with van der Waals surface area (Å²) in [7, 11) is 1.56. The van der Waals surface area contributed by atoms with Crippen LogP contribution in [0.4, 0.5) is 16.2 Å². The Kier molecular flexibility index (Phi) is 3.38. The normalized spacial score (nSPS) is 10.6. The highest BCUT2D eigenvalue weighted by Crippen LogP contribution is 2.28. The van der Waals surface area contributed by atoms with Gasteiger partial charge in [-0.2, -0.15) is 5.10 Å². The fourth-order valence-electron chi connectivity index (χ4n) is 2.26. The van der Waals surface area contributed by atoms with E-state index >= 15 is 0 Å². The van der Waals surface area contributed by atoms with Crippen LogP contribution in [0.25, 0.3) is 16.9 Å². The summed E-state index contributed by atoms with van der Waals surface area (Å²) in [5, 5.41) is 9.81. The number of carbonyl (C=O) groups is 1. The molecule has 0 aliphatic rings. The first kappa shape index (κ1) is 13.9. The highest BCUT2D eigenvalue weighted by Gasteiger charge is 2.12.